The number of rotatable bonds is 10. The summed E-state index contributed by atoms with van der Waals surface area (Å²) in [5.41, 5.74) is 3.08. The van der Waals surface area contributed by atoms with Gasteiger partial charge in [0.25, 0.3) is 5.91 Å². The maximum absolute atomic E-state index is 12.7. The third-order valence-corrected chi connectivity index (χ3v) is 6.35. The highest BCUT2D eigenvalue weighted by Gasteiger charge is 2.17. The Morgan fingerprint density at radius 3 is 2.24 bits per heavy atom. The highest BCUT2D eigenvalue weighted by atomic mass is 32.2. The number of carbonyl (C=O) groups is 2. The molecule has 0 saturated heterocycles. The quantitative estimate of drug-likeness (QED) is 0.303. The normalized spacial score (nSPS) is 10.6. The molecule has 37 heavy (non-hydrogen) atoms. The molecule has 0 aliphatic heterocycles. The van der Waals surface area contributed by atoms with E-state index in [4.69, 9.17) is 9.47 Å². The number of amides is 2. The van der Waals surface area contributed by atoms with E-state index in [0.29, 0.717) is 28.0 Å². The summed E-state index contributed by atoms with van der Waals surface area (Å²) in [4.78, 5) is 25.3. The van der Waals surface area contributed by atoms with Gasteiger partial charge in [0.2, 0.25) is 5.91 Å². The molecule has 190 valence electrons. The lowest BCUT2D eigenvalue weighted by molar-refractivity contribution is -0.113. The molecule has 0 atom stereocenters. The van der Waals surface area contributed by atoms with E-state index in [2.05, 4.69) is 20.8 Å². The van der Waals surface area contributed by atoms with Crippen LogP contribution in [-0.4, -0.2) is 46.6 Å². The number of anilines is 1. The number of aryl methyl sites for hydroxylation is 1. The fraction of sp³-hybridized carbons (Fsp3) is 0.185. The van der Waals surface area contributed by atoms with Crippen molar-refractivity contribution in [2.24, 2.45) is 0 Å². The zero-order chi connectivity index (χ0) is 26.2. The number of aromatic nitrogens is 3. The maximum Gasteiger partial charge on any atom is 0.251 e. The monoisotopic (exact) mass is 517 g/mol. The van der Waals surface area contributed by atoms with Crippen LogP contribution in [0.5, 0.6) is 11.5 Å². The van der Waals surface area contributed by atoms with Gasteiger partial charge < -0.3 is 20.1 Å². The molecule has 0 saturated carbocycles. The number of nitrogens with one attached hydrogen (secondary N) is 2. The number of ether oxygens (including phenoxy) is 2. The lowest BCUT2D eigenvalue weighted by Crippen LogP contribution is -2.24. The molecule has 9 nitrogen and oxygen atoms in total. The number of thioether (sulfide) groups is 1. The standard InChI is InChI=1S/C27H27N5O4S/c1-18-5-4-6-20(15-18)29-25(33)17-37-27-31-30-24(32(27)21-9-13-23(36-3)14-10-21)16-28-26(34)19-7-11-22(35-2)12-8-19/h4-15H,16-17H2,1-3H3,(H,28,34)(H,29,33). The smallest absolute Gasteiger partial charge is 0.251 e. The van der Waals surface area contributed by atoms with E-state index in [1.54, 1.807) is 38.5 Å². The van der Waals surface area contributed by atoms with Gasteiger partial charge in [0.15, 0.2) is 11.0 Å². The summed E-state index contributed by atoms with van der Waals surface area (Å²) in [6.07, 6.45) is 0. The van der Waals surface area contributed by atoms with Gasteiger partial charge >= 0.3 is 0 Å². The van der Waals surface area contributed by atoms with Gasteiger partial charge in [-0.2, -0.15) is 0 Å². The van der Waals surface area contributed by atoms with Crippen LogP contribution in [0.1, 0.15) is 21.7 Å². The van der Waals surface area contributed by atoms with Crippen molar-refractivity contribution >= 4 is 29.3 Å². The minimum absolute atomic E-state index is 0.139. The second-order valence-corrected chi connectivity index (χ2v) is 8.99. The second-order valence-electron chi connectivity index (χ2n) is 8.05. The summed E-state index contributed by atoms with van der Waals surface area (Å²) in [7, 11) is 3.17. The Hall–Kier alpha value is -4.31. The Labute approximate surface area is 219 Å². The van der Waals surface area contributed by atoms with Crippen LogP contribution in [0.15, 0.2) is 78.0 Å². The summed E-state index contributed by atoms with van der Waals surface area (Å²) in [6, 6.07) is 21.8. The Kier molecular flexibility index (Phi) is 8.42. The molecule has 2 N–H and O–H groups in total. The van der Waals surface area contributed by atoms with Crippen molar-refractivity contribution in [3.8, 4) is 17.2 Å². The van der Waals surface area contributed by atoms with Gasteiger partial charge in [-0.15, -0.1) is 10.2 Å². The maximum atomic E-state index is 12.7. The van der Waals surface area contributed by atoms with Crippen molar-refractivity contribution in [3.05, 3.63) is 89.7 Å². The van der Waals surface area contributed by atoms with Crippen molar-refractivity contribution in [2.75, 3.05) is 25.3 Å². The molecular formula is C27H27N5O4S. The van der Waals surface area contributed by atoms with E-state index in [1.165, 1.54) is 11.8 Å². The molecule has 0 aliphatic rings. The van der Waals surface area contributed by atoms with E-state index in [9.17, 15) is 9.59 Å². The lowest BCUT2D eigenvalue weighted by Gasteiger charge is -2.12. The topological polar surface area (TPSA) is 107 Å². The highest BCUT2D eigenvalue weighted by molar-refractivity contribution is 7.99. The molecule has 1 heterocycles. The first-order valence-electron chi connectivity index (χ1n) is 11.5. The van der Waals surface area contributed by atoms with Gasteiger partial charge in [0.1, 0.15) is 11.5 Å². The van der Waals surface area contributed by atoms with E-state index >= 15 is 0 Å². The molecule has 0 unspecified atom stereocenters. The Balaban J connectivity index is 1.50. The molecule has 10 heteroatoms. The van der Waals surface area contributed by atoms with E-state index in [1.807, 2.05) is 60.0 Å². The predicted molar refractivity (Wildman–Crippen MR) is 143 cm³/mol. The van der Waals surface area contributed by atoms with Crippen molar-refractivity contribution in [1.82, 2.24) is 20.1 Å². The predicted octanol–water partition coefficient (Wildman–Crippen LogP) is 4.25. The molecule has 4 aromatic rings. The average molecular weight is 518 g/mol. The average Bonchev–Trinajstić information content (AvgIpc) is 3.33. The largest absolute Gasteiger partial charge is 0.497 e. The van der Waals surface area contributed by atoms with Crippen molar-refractivity contribution < 1.29 is 19.1 Å². The number of methoxy groups -OCH3 is 2. The van der Waals surface area contributed by atoms with E-state index < -0.39 is 0 Å². The van der Waals surface area contributed by atoms with Crippen molar-refractivity contribution in [2.45, 2.75) is 18.6 Å². The summed E-state index contributed by atoms with van der Waals surface area (Å²) in [5, 5.41) is 14.9. The molecule has 3 aromatic carbocycles. The van der Waals surface area contributed by atoms with Gasteiger partial charge in [-0.1, -0.05) is 23.9 Å². The molecular weight excluding hydrogens is 490 g/mol. The Morgan fingerprint density at radius 1 is 0.919 bits per heavy atom. The number of nitrogens with zero attached hydrogens (tertiary/aromatic N) is 3. The van der Waals surface area contributed by atoms with Crippen LogP contribution in [0, 0.1) is 6.92 Å². The SMILES string of the molecule is COc1ccc(C(=O)NCc2nnc(SCC(=O)Nc3cccc(C)c3)n2-c2ccc(OC)cc2)cc1. The fourth-order valence-corrected chi connectivity index (χ4v) is 4.32. The molecule has 1 aromatic heterocycles. The Bertz CT molecular complexity index is 1370. The zero-order valence-corrected chi connectivity index (χ0v) is 21.5. The van der Waals surface area contributed by atoms with Crippen LogP contribution in [-0.2, 0) is 11.3 Å². The number of carbonyl (C=O) groups excluding carboxylic acids is 2. The molecule has 0 fully saturated rings. The van der Waals surface area contributed by atoms with Crippen LogP contribution in [0.3, 0.4) is 0 Å². The van der Waals surface area contributed by atoms with Gasteiger partial charge in [0, 0.05) is 16.9 Å². The first kappa shape index (κ1) is 25.8. The van der Waals surface area contributed by atoms with Gasteiger partial charge in [-0.3, -0.25) is 14.2 Å². The fourth-order valence-electron chi connectivity index (χ4n) is 3.55. The highest BCUT2D eigenvalue weighted by Crippen LogP contribution is 2.24. The first-order valence-corrected chi connectivity index (χ1v) is 12.5. The third-order valence-electron chi connectivity index (χ3n) is 5.42. The minimum Gasteiger partial charge on any atom is -0.497 e. The number of hydrogen-bond donors (Lipinski definition) is 2. The molecule has 0 bridgehead atoms. The van der Waals surface area contributed by atoms with Gasteiger partial charge in [-0.25, -0.2) is 0 Å². The minimum atomic E-state index is -0.251. The second kappa shape index (κ2) is 12.1. The molecule has 0 radical (unpaired) electrons. The summed E-state index contributed by atoms with van der Waals surface area (Å²) in [6.45, 7) is 2.11. The third kappa shape index (κ3) is 6.68. The van der Waals surface area contributed by atoms with E-state index in [-0.39, 0.29) is 24.1 Å². The van der Waals surface area contributed by atoms with Crippen LogP contribution < -0.4 is 20.1 Å². The number of benzene rings is 3. The summed E-state index contributed by atoms with van der Waals surface area (Å²) < 4.78 is 12.2. The van der Waals surface area contributed by atoms with Crippen LogP contribution in [0.4, 0.5) is 5.69 Å². The number of hydrogen-bond acceptors (Lipinski definition) is 7. The van der Waals surface area contributed by atoms with Crippen molar-refractivity contribution in [3.63, 3.8) is 0 Å². The van der Waals surface area contributed by atoms with Crippen LogP contribution >= 0.6 is 11.8 Å². The van der Waals surface area contributed by atoms with Crippen LogP contribution in [0.25, 0.3) is 5.69 Å². The zero-order valence-electron chi connectivity index (χ0n) is 20.7. The molecule has 4 rings (SSSR count). The van der Waals surface area contributed by atoms with E-state index in [0.717, 1.165) is 16.9 Å². The first-order chi connectivity index (χ1) is 18.0. The van der Waals surface area contributed by atoms with Gasteiger partial charge in [0.05, 0.1) is 26.5 Å². The molecule has 0 aliphatic carbocycles. The summed E-state index contributed by atoms with van der Waals surface area (Å²) >= 11 is 1.26. The van der Waals surface area contributed by atoms with Gasteiger partial charge in [-0.05, 0) is 73.2 Å². The molecule has 0 spiro atoms. The summed E-state index contributed by atoms with van der Waals surface area (Å²) in [5.74, 6) is 1.63. The Morgan fingerprint density at radius 2 is 1.59 bits per heavy atom. The molecule has 2 amide bonds. The van der Waals surface area contributed by atoms with Crippen LogP contribution in [0.2, 0.25) is 0 Å². The van der Waals surface area contributed by atoms with Crippen molar-refractivity contribution in [1.29, 1.82) is 0 Å². The lowest BCUT2D eigenvalue weighted by atomic mass is 10.2.